The Bertz CT molecular complexity index is 1230. The molecule has 4 aromatic rings. The van der Waals surface area contributed by atoms with Crippen molar-refractivity contribution in [3.63, 3.8) is 0 Å². The Hall–Kier alpha value is -3.44. The Balaban J connectivity index is 1.65. The number of pyridine rings is 1. The predicted molar refractivity (Wildman–Crippen MR) is 134 cm³/mol. The van der Waals surface area contributed by atoms with Gasteiger partial charge in [-0.2, -0.15) is 0 Å². The molecule has 1 aliphatic heterocycles. The summed E-state index contributed by atoms with van der Waals surface area (Å²) in [6.07, 6.45) is 4.98. The highest BCUT2D eigenvalue weighted by molar-refractivity contribution is 7.80. The number of rotatable bonds is 5. The van der Waals surface area contributed by atoms with E-state index >= 15 is 0 Å². The number of thiocarbonyl (C=S) groups is 1. The standard InChI is InChI=1S/C27H26N4S/c1-3-20-12-14-21(15-13-20)31-26(25(29-27(31)32)23-10-4-5-16-28-23)24-11-7-17-30(24)22-9-6-8-19(2)18-22/h4-18,25-26H,3H2,1-2H3,(H,29,32)/t25-,26+/m0/s1. The first-order valence-corrected chi connectivity index (χ1v) is 11.4. The largest absolute Gasteiger partial charge is 0.351 e. The van der Waals surface area contributed by atoms with Crippen LogP contribution in [0.15, 0.2) is 91.3 Å². The SMILES string of the molecule is CCc1ccc(N2C(=S)N[C@@H](c3ccccn3)[C@H]2c2cccn2-c2cccc(C)c2)cc1. The summed E-state index contributed by atoms with van der Waals surface area (Å²) in [7, 11) is 0. The lowest BCUT2D eigenvalue weighted by Crippen LogP contribution is -2.30. The first kappa shape index (κ1) is 20.5. The average Bonchev–Trinajstić information content (AvgIpc) is 3.44. The quantitative estimate of drug-likeness (QED) is 0.392. The van der Waals surface area contributed by atoms with E-state index in [1.54, 1.807) is 0 Å². The fraction of sp³-hybridized carbons (Fsp3) is 0.185. The third-order valence-corrected chi connectivity index (χ3v) is 6.40. The van der Waals surface area contributed by atoms with E-state index in [0.29, 0.717) is 5.11 Å². The van der Waals surface area contributed by atoms with Crippen molar-refractivity contribution in [2.24, 2.45) is 0 Å². The Kier molecular flexibility index (Phi) is 5.50. The second-order valence-corrected chi connectivity index (χ2v) is 8.55. The molecule has 5 heteroatoms. The third-order valence-electron chi connectivity index (χ3n) is 6.08. The normalized spacial score (nSPS) is 18.1. The molecule has 0 amide bonds. The molecule has 1 N–H and O–H groups in total. The monoisotopic (exact) mass is 438 g/mol. The van der Waals surface area contributed by atoms with Crippen molar-refractivity contribution in [2.45, 2.75) is 32.4 Å². The molecule has 2 atom stereocenters. The number of nitrogens with one attached hydrogen (secondary N) is 1. The minimum absolute atomic E-state index is 0.0413. The summed E-state index contributed by atoms with van der Waals surface area (Å²) in [6.45, 7) is 4.29. The van der Waals surface area contributed by atoms with Crippen LogP contribution in [0.5, 0.6) is 0 Å². The molecule has 0 bridgehead atoms. The maximum Gasteiger partial charge on any atom is 0.174 e. The molecule has 1 fully saturated rings. The fourth-order valence-electron chi connectivity index (χ4n) is 4.47. The summed E-state index contributed by atoms with van der Waals surface area (Å²) in [5.41, 5.74) is 6.91. The molecule has 0 unspecified atom stereocenters. The van der Waals surface area contributed by atoms with Crippen molar-refractivity contribution in [3.05, 3.63) is 114 Å². The van der Waals surface area contributed by atoms with Gasteiger partial charge < -0.3 is 14.8 Å². The summed E-state index contributed by atoms with van der Waals surface area (Å²) in [4.78, 5) is 6.90. The number of aryl methyl sites for hydroxylation is 2. The van der Waals surface area contributed by atoms with Crippen molar-refractivity contribution in [1.82, 2.24) is 14.9 Å². The van der Waals surface area contributed by atoms with Crippen molar-refractivity contribution < 1.29 is 0 Å². The second-order valence-electron chi connectivity index (χ2n) is 8.16. The zero-order valence-corrected chi connectivity index (χ0v) is 19.1. The van der Waals surface area contributed by atoms with Gasteiger partial charge in [-0.25, -0.2) is 0 Å². The van der Waals surface area contributed by atoms with Crippen LogP contribution >= 0.6 is 12.2 Å². The van der Waals surface area contributed by atoms with Gasteiger partial charge in [0.25, 0.3) is 0 Å². The Morgan fingerprint density at radius 2 is 1.78 bits per heavy atom. The third kappa shape index (κ3) is 3.69. The van der Waals surface area contributed by atoms with E-state index in [1.165, 1.54) is 11.1 Å². The van der Waals surface area contributed by atoms with Gasteiger partial charge in [0.2, 0.25) is 0 Å². The van der Waals surface area contributed by atoms with E-state index in [-0.39, 0.29) is 12.1 Å². The van der Waals surface area contributed by atoms with Gasteiger partial charge in [-0.15, -0.1) is 0 Å². The number of anilines is 1. The highest BCUT2D eigenvalue weighted by Gasteiger charge is 2.42. The Morgan fingerprint density at radius 3 is 2.50 bits per heavy atom. The van der Waals surface area contributed by atoms with Crippen LogP contribution < -0.4 is 10.2 Å². The molecule has 3 heterocycles. The molecule has 32 heavy (non-hydrogen) atoms. The van der Waals surface area contributed by atoms with Crippen LogP contribution in [0.2, 0.25) is 0 Å². The Morgan fingerprint density at radius 1 is 0.938 bits per heavy atom. The van der Waals surface area contributed by atoms with Crippen LogP contribution in [0, 0.1) is 6.92 Å². The summed E-state index contributed by atoms with van der Waals surface area (Å²) < 4.78 is 2.26. The summed E-state index contributed by atoms with van der Waals surface area (Å²) in [5, 5.41) is 4.27. The van der Waals surface area contributed by atoms with Crippen LogP contribution in [0.3, 0.4) is 0 Å². The van der Waals surface area contributed by atoms with Gasteiger partial charge >= 0.3 is 0 Å². The van der Waals surface area contributed by atoms with E-state index in [2.05, 4.69) is 107 Å². The van der Waals surface area contributed by atoms with E-state index < -0.39 is 0 Å². The summed E-state index contributed by atoms with van der Waals surface area (Å²) in [5.74, 6) is 0. The highest BCUT2D eigenvalue weighted by Crippen LogP contribution is 2.42. The summed E-state index contributed by atoms with van der Waals surface area (Å²) in [6, 6.07) is 27.5. The molecular weight excluding hydrogens is 412 g/mol. The van der Waals surface area contributed by atoms with Gasteiger partial charge in [0.1, 0.15) is 6.04 Å². The molecule has 1 saturated heterocycles. The van der Waals surface area contributed by atoms with Gasteiger partial charge in [0.15, 0.2) is 5.11 Å². The number of hydrogen-bond acceptors (Lipinski definition) is 2. The number of aromatic nitrogens is 2. The van der Waals surface area contributed by atoms with Crippen molar-refractivity contribution in [3.8, 4) is 5.69 Å². The van der Waals surface area contributed by atoms with E-state index in [4.69, 9.17) is 12.2 Å². The van der Waals surface area contributed by atoms with Crippen molar-refractivity contribution >= 4 is 23.0 Å². The lowest BCUT2D eigenvalue weighted by molar-refractivity contribution is 0.549. The predicted octanol–water partition coefficient (Wildman–Crippen LogP) is 5.92. The topological polar surface area (TPSA) is 33.1 Å². The van der Waals surface area contributed by atoms with E-state index in [0.717, 1.165) is 29.2 Å². The number of nitrogens with zero attached hydrogens (tertiary/aromatic N) is 3. The van der Waals surface area contributed by atoms with Gasteiger partial charge in [0.05, 0.1) is 11.7 Å². The van der Waals surface area contributed by atoms with Crippen LogP contribution in [-0.4, -0.2) is 14.7 Å². The van der Waals surface area contributed by atoms with Gasteiger partial charge in [-0.3, -0.25) is 4.98 Å². The van der Waals surface area contributed by atoms with E-state index in [9.17, 15) is 0 Å². The maximum absolute atomic E-state index is 5.87. The Labute approximate surface area is 194 Å². The highest BCUT2D eigenvalue weighted by atomic mass is 32.1. The first-order chi connectivity index (χ1) is 15.7. The molecule has 2 aromatic heterocycles. The van der Waals surface area contributed by atoms with Crippen molar-refractivity contribution in [1.29, 1.82) is 0 Å². The van der Waals surface area contributed by atoms with E-state index in [1.807, 2.05) is 18.3 Å². The van der Waals surface area contributed by atoms with Crippen molar-refractivity contribution in [2.75, 3.05) is 4.90 Å². The van der Waals surface area contributed by atoms with Crippen LogP contribution in [0.4, 0.5) is 5.69 Å². The smallest absolute Gasteiger partial charge is 0.174 e. The molecule has 4 nitrogen and oxygen atoms in total. The zero-order valence-electron chi connectivity index (χ0n) is 18.3. The average molecular weight is 439 g/mol. The molecule has 0 saturated carbocycles. The maximum atomic E-state index is 5.87. The minimum Gasteiger partial charge on any atom is -0.351 e. The molecule has 2 aromatic carbocycles. The van der Waals surface area contributed by atoms with Gasteiger partial charge in [-0.05, 0) is 85.2 Å². The molecule has 160 valence electrons. The first-order valence-electron chi connectivity index (χ1n) is 11.0. The van der Waals surface area contributed by atoms with Gasteiger partial charge in [-0.1, -0.05) is 37.3 Å². The molecule has 1 aliphatic rings. The minimum atomic E-state index is -0.0620. The van der Waals surface area contributed by atoms with Crippen LogP contribution in [0.25, 0.3) is 5.69 Å². The molecule has 0 aliphatic carbocycles. The number of hydrogen-bond donors (Lipinski definition) is 1. The molecule has 0 spiro atoms. The lowest BCUT2D eigenvalue weighted by atomic mass is 10.0. The van der Waals surface area contributed by atoms with Gasteiger partial charge in [0, 0.05) is 29.5 Å². The molecule has 5 rings (SSSR count). The fourth-order valence-corrected chi connectivity index (χ4v) is 4.82. The summed E-state index contributed by atoms with van der Waals surface area (Å²) >= 11 is 5.87. The number of benzene rings is 2. The lowest BCUT2D eigenvalue weighted by Gasteiger charge is -2.29. The second kappa shape index (κ2) is 8.60. The molecular formula is C27H26N4S. The zero-order chi connectivity index (χ0) is 22.1. The molecule has 0 radical (unpaired) electrons. The van der Waals surface area contributed by atoms with Crippen LogP contribution in [-0.2, 0) is 6.42 Å². The van der Waals surface area contributed by atoms with Crippen LogP contribution in [0.1, 0.15) is 41.5 Å².